The van der Waals surface area contributed by atoms with E-state index < -0.39 is 8.56 Å². The summed E-state index contributed by atoms with van der Waals surface area (Å²) in [6.45, 7) is 4.34. The number of rotatable bonds is 6. The number of hydrogen-bond acceptors (Lipinski definition) is 2. The van der Waals surface area contributed by atoms with Gasteiger partial charge in [-0.15, -0.1) is 0 Å². The highest BCUT2D eigenvalue weighted by molar-refractivity contribution is 6.67. The van der Waals surface area contributed by atoms with E-state index in [1.54, 1.807) is 14.2 Å². The average molecular weight is 196 g/mol. The van der Waals surface area contributed by atoms with Gasteiger partial charge in [0.2, 0.25) is 0 Å². The second-order valence-corrected chi connectivity index (χ2v) is 6.62. The van der Waals surface area contributed by atoms with Crippen LogP contribution in [0.25, 0.3) is 0 Å². The quantitative estimate of drug-likeness (QED) is 0.608. The summed E-state index contributed by atoms with van der Waals surface area (Å²) in [7, 11) is 1.81. The molecule has 0 bridgehead atoms. The van der Waals surface area contributed by atoms with Gasteiger partial charge in [0.25, 0.3) is 0 Å². The third kappa shape index (κ3) is 4.18. The maximum atomic E-state index is 5.46. The Labute approximate surface area is 75.9 Å². The smallest absolute Gasteiger partial charge is 0.337 e. The first kappa shape index (κ1) is 14.6. The summed E-state index contributed by atoms with van der Waals surface area (Å²) in [5, 5.41) is 0. The zero-order valence-corrected chi connectivity index (χ0v) is 9.55. The number of unbranched alkanes of at least 4 members (excludes halogenated alkanes) is 1. The molecule has 0 N–H and O–H groups in total. The fraction of sp³-hybridized carbons (Fsp3) is 1.00. The summed E-state index contributed by atoms with van der Waals surface area (Å²) in [4.78, 5) is 0. The molecule has 0 amide bonds. The third-order valence-corrected chi connectivity index (χ3v) is 5.87. The molecule has 0 saturated heterocycles. The van der Waals surface area contributed by atoms with Crippen molar-refractivity contribution in [1.29, 1.82) is 0 Å². The van der Waals surface area contributed by atoms with E-state index in [-0.39, 0.29) is 4.70 Å². The van der Waals surface area contributed by atoms with Crippen molar-refractivity contribution in [2.75, 3.05) is 14.2 Å². The van der Waals surface area contributed by atoms with Crippen LogP contribution >= 0.6 is 0 Å². The standard InChI is InChI=1S/C8H20O2Si.FH/c1-5-7-8-11(6-2,9-3)10-4;/h5-8H2,1-4H3;1H. The van der Waals surface area contributed by atoms with Gasteiger partial charge in [-0.3, -0.25) is 4.70 Å². The minimum Gasteiger partial charge on any atom is -0.398 e. The molecule has 0 rings (SSSR count). The normalized spacial score (nSPS) is 11.0. The molecule has 0 radical (unpaired) electrons. The lowest BCUT2D eigenvalue weighted by atomic mass is 10.4. The summed E-state index contributed by atoms with van der Waals surface area (Å²) in [5.74, 6) is 0. The largest absolute Gasteiger partial charge is 0.398 e. The van der Waals surface area contributed by atoms with Crippen molar-refractivity contribution in [3.63, 3.8) is 0 Å². The molecule has 0 heterocycles. The first-order valence-corrected chi connectivity index (χ1v) is 6.58. The van der Waals surface area contributed by atoms with Crippen LogP contribution in [-0.2, 0) is 8.85 Å². The highest BCUT2D eigenvalue weighted by atomic mass is 28.4. The second kappa shape index (κ2) is 7.70. The maximum Gasteiger partial charge on any atom is 0.337 e. The van der Waals surface area contributed by atoms with E-state index >= 15 is 0 Å². The van der Waals surface area contributed by atoms with Crippen molar-refractivity contribution >= 4 is 8.56 Å². The molecule has 0 aliphatic heterocycles. The molecule has 4 heteroatoms. The molecule has 2 nitrogen and oxygen atoms in total. The van der Waals surface area contributed by atoms with Crippen LogP contribution < -0.4 is 0 Å². The average Bonchev–Trinajstić information content (AvgIpc) is 2.08. The Hall–Kier alpha value is 0.0669. The topological polar surface area (TPSA) is 18.5 Å². The minimum absolute atomic E-state index is 0. The van der Waals surface area contributed by atoms with Crippen molar-refractivity contribution in [1.82, 2.24) is 0 Å². The van der Waals surface area contributed by atoms with E-state index in [1.165, 1.54) is 12.8 Å². The first-order chi connectivity index (χ1) is 5.24. The zero-order chi connectivity index (χ0) is 8.74. The van der Waals surface area contributed by atoms with Crippen LogP contribution in [0, 0.1) is 0 Å². The molecule has 0 saturated carbocycles. The highest BCUT2D eigenvalue weighted by Gasteiger charge is 2.31. The van der Waals surface area contributed by atoms with E-state index in [0.717, 1.165) is 12.1 Å². The molecule has 0 aromatic heterocycles. The van der Waals surface area contributed by atoms with E-state index in [9.17, 15) is 0 Å². The lowest BCUT2D eigenvalue weighted by molar-refractivity contribution is 0.241. The molecule has 0 atom stereocenters. The van der Waals surface area contributed by atoms with Crippen molar-refractivity contribution < 1.29 is 13.6 Å². The van der Waals surface area contributed by atoms with Crippen molar-refractivity contribution in [2.45, 2.75) is 38.8 Å². The van der Waals surface area contributed by atoms with Gasteiger partial charge in [0, 0.05) is 14.2 Å². The van der Waals surface area contributed by atoms with E-state index in [2.05, 4.69) is 13.8 Å². The van der Waals surface area contributed by atoms with Crippen molar-refractivity contribution in [3.8, 4) is 0 Å². The fourth-order valence-corrected chi connectivity index (χ4v) is 3.60. The number of hydrogen-bond donors (Lipinski definition) is 0. The molecule has 0 aromatic rings. The molecule has 0 unspecified atom stereocenters. The lowest BCUT2D eigenvalue weighted by Gasteiger charge is -2.25. The molecule has 0 fully saturated rings. The van der Waals surface area contributed by atoms with Crippen LogP contribution in [0.4, 0.5) is 4.70 Å². The summed E-state index contributed by atoms with van der Waals surface area (Å²) >= 11 is 0. The van der Waals surface area contributed by atoms with Crippen LogP contribution in [0.1, 0.15) is 26.7 Å². The summed E-state index contributed by atoms with van der Waals surface area (Å²) in [6.07, 6.45) is 2.45. The van der Waals surface area contributed by atoms with Crippen molar-refractivity contribution in [3.05, 3.63) is 0 Å². The predicted octanol–water partition coefficient (Wildman–Crippen LogP) is 2.69. The summed E-state index contributed by atoms with van der Waals surface area (Å²) in [5.41, 5.74) is 0. The van der Waals surface area contributed by atoms with Crippen LogP contribution in [-0.4, -0.2) is 22.8 Å². The molecule has 0 aliphatic rings. The lowest BCUT2D eigenvalue weighted by Crippen LogP contribution is -2.38. The first-order valence-electron chi connectivity index (χ1n) is 4.35. The van der Waals surface area contributed by atoms with Gasteiger partial charge in [-0.2, -0.15) is 0 Å². The summed E-state index contributed by atoms with van der Waals surface area (Å²) in [6, 6.07) is 2.19. The Kier molecular flexibility index (Phi) is 9.36. The van der Waals surface area contributed by atoms with Gasteiger partial charge in [-0.05, 0) is 12.1 Å². The Morgan fingerprint density at radius 2 is 1.58 bits per heavy atom. The molecule has 0 spiro atoms. The molecule has 0 aliphatic carbocycles. The van der Waals surface area contributed by atoms with Crippen LogP contribution in [0.2, 0.25) is 12.1 Å². The molecular weight excluding hydrogens is 175 g/mol. The van der Waals surface area contributed by atoms with Gasteiger partial charge >= 0.3 is 8.56 Å². The molecule has 12 heavy (non-hydrogen) atoms. The Morgan fingerprint density at radius 3 is 1.83 bits per heavy atom. The van der Waals surface area contributed by atoms with Gasteiger partial charge in [-0.25, -0.2) is 0 Å². The van der Waals surface area contributed by atoms with Crippen LogP contribution in [0.5, 0.6) is 0 Å². The monoisotopic (exact) mass is 196 g/mol. The Bertz CT molecular complexity index is 88.8. The van der Waals surface area contributed by atoms with E-state index in [0.29, 0.717) is 0 Å². The van der Waals surface area contributed by atoms with Gasteiger partial charge in [0.1, 0.15) is 0 Å². The zero-order valence-electron chi connectivity index (χ0n) is 8.55. The van der Waals surface area contributed by atoms with Gasteiger partial charge in [-0.1, -0.05) is 26.7 Å². The van der Waals surface area contributed by atoms with Gasteiger partial charge in [0.15, 0.2) is 0 Å². The predicted molar refractivity (Wildman–Crippen MR) is 52.5 cm³/mol. The molecule has 76 valence electrons. The van der Waals surface area contributed by atoms with Crippen molar-refractivity contribution in [2.24, 2.45) is 0 Å². The number of halogens is 1. The van der Waals surface area contributed by atoms with Crippen LogP contribution in [0.15, 0.2) is 0 Å². The maximum absolute atomic E-state index is 5.46. The molecular formula is C8H21FO2Si. The van der Waals surface area contributed by atoms with Gasteiger partial charge < -0.3 is 8.85 Å². The Balaban J connectivity index is 0. The van der Waals surface area contributed by atoms with Crippen LogP contribution in [0.3, 0.4) is 0 Å². The molecule has 0 aromatic carbocycles. The van der Waals surface area contributed by atoms with E-state index in [1.807, 2.05) is 0 Å². The highest BCUT2D eigenvalue weighted by Crippen LogP contribution is 2.19. The third-order valence-electron chi connectivity index (χ3n) is 2.19. The SMILES string of the molecule is CCCC[Si](CC)(OC)OC.F. The fourth-order valence-electron chi connectivity index (χ4n) is 1.20. The summed E-state index contributed by atoms with van der Waals surface area (Å²) < 4.78 is 10.9. The second-order valence-electron chi connectivity index (χ2n) is 2.78. The van der Waals surface area contributed by atoms with Gasteiger partial charge in [0.05, 0.1) is 0 Å². The van der Waals surface area contributed by atoms with E-state index in [4.69, 9.17) is 8.85 Å². The minimum atomic E-state index is -1.74. The Morgan fingerprint density at radius 1 is 1.08 bits per heavy atom.